The summed E-state index contributed by atoms with van der Waals surface area (Å²) in [6.45, 7) is 4.24. The second kappa shape index (κ2) is 8.34. The minimum Gasteiger partial charge on any atom is -0.496 e. The van der Waals surface area contributed by atoms with E-state index in [2.05, 4.69) is 20.5 Å². The van der Waals surface area contributed by atoms with Gasteiger partial charge in [0.1, 0.15) is 11.6 Å². The monoisotopic (exact) mass is 399 g/mol. The van der Waals surface area contributed by atoms with Gasteiger partial charge in [-0.05, 0) is 30.7 Å². The number of aromatic nitrogens is 2. The molecule has 2 aliphatic rings. The Hall–Kier alpha value is -2.71. The fourth-order valence-corrected chi connectivity index (χ4v) is 3.96. The minimum atomic E-state index is -0.302. The van der Waals surface area contributed by atoms with E-state index in [9.17, 15) is 9.50 Å². The summed E-state index contributed by atoms with van der Waals surface area (Å²) in [5.74, 6) is 0.841. The van der Waals surface area contributed by atoms with Gasteiger partial charge in [0, 0.05) is 37.9 Å². The highest BCUT2D eigenvalue weighted by atomic mass is 19.1. The topological polar surface area (TPSA) is 82.5 Å². The number of nitrogens with zero attached hydrogens (tertiary/aromatic N) is 3. The normalized spacial score (nSPS) is 21.7. The number of anilines is 1. The minimum absolute atomic E-state index is 0.0418. The zero-order valence-electron chi connectivity index (χ0n) is 16.7. The molecule has 154 valence electrons. The highest BCUT2D eigenvalue weighted by molar-refractivity contribution is 5.73. The van der Waals surface area contributed by atoms with Crippen molar-refractivity contribution >= 4 is 11.5 Å². The Balaban J connectivity index is 1.59. The number of aliphatic hydroxyl groups is 1. The maximum Gasteiger partial charge on any atom is 0.226 e. The molecule has 0 amide bonds. The van der Waals surface area contributed by atoms with Crippen LogP contribution in [0.2, 0.25) is 0 Å². The number of hydrogen-bond acceptors (Lipinski definition) is 7. The first-order valence-corrected chi connectivity index (χ1v) is 9.82. The Morgan fingerprint density at radius 1 is 1.34 bits per heavy atom. The van der Waals surface area contributed by atoms with Crippen molar-refractivity contribution in [2.45, 2.75) is 25.4 Å². The standard InChI is InChI=1S/C21H26FN5O2/c1-13-8-18(26-21(25-13)27-7-6-23-11-15(27)12-28)17-9-14(10-24-17)20-16(22)4-3-5-19(20)29-2/h3-5,8,10,15,17,23-24,28H,6-7,9,11-12H2,1-2H3. The van der Waals surface area contributed by atoms with Gasteiger partial charge < -0.3 is 25.4 Å². The number of hydrogen-bond donors (Lipinski definition) is 3. The number of aliphatic hydroxyl groups excluding tert-OH is 1. The molecule has 3 N–H and O–H groups in total. The van der Waals surface area contributed by atoms with Crippen molar-refractivity contribution in [3.8, 4) is 5.75 Å². The van der Waals surface area contributed by atoms with Crippen LogP contribution in [0.3, 0.4) is 0 Å². The first kappa shape index (κ1) is 19.6. The molecule has 3 heterocycles. The van der Waals surface area contributed by atoms with E-state index in [1.807, 2.05) is 19.2 Å². The van der Waals surface area contributed by atoms with E-state index >= 15 is 0 Å². The van der Waals surface area contributed by atoms with Crippen molar-refractivity contribution in [3.63, 3.8) is 0 Å². The van der Waals surface area contributed by atoms with Crippen molar-refractivity contribution in [2.24, 2.45) is 0 Å². The zero-order chi connectivity index (χ0) is 20.4. The summed E-state index contributed by atoms with van der Waals surface area (Å²) in [6, 6.07) is 6.67. The second-order valence-corrected chi connectivity index (χ2v) is 7.38. The Morgan fingerprint density at radius 3 is 3.00 bits per heavy atom. The average Bonchev–Trinajstić information content (AvgIpc) is 3.22. The second-order valence-electron chi connectivity index (χ2n) is 7.38. The number of nitrogens with one attached hydrogen (secondary N) is 2. The molecule has 2 aliphatic heterocycles. The van der Waals surface area contributed by atoms with Gasteiger partial charge in [0.15, 0.2) is 0 Å². The summed E-state index contributed by atoms with van der Waals surface area (Å²) in [5, 5.41) is 16.3. The maximum absolute atomic E-state index is 14.5. The molecule has 8 heteroatoms. The van der Waals surface area contributed by atoms with Gasteiger partial charge in [-0.3, -0.25) is 0 Å². The molecule has 1 fully saturated rings. The van der Waals surface area contributed by atoms with Gasteiger partial charge in [0.2, 0.25) is 5.95 Å². The molecule has 2 atom stereocenters. The number of aryl methyl sites for hydroxylation is 1. The molecule has 0 spiro atoms. The first-order valence-electron chi connectivity index (χ1n) is 9.82. The molecule has 4 rings (SSSR count). The summed E-state index contributed by atoms with van der Waals surface area (Å²) in [4.78, 5) is 11.4. The SMILES string of the molecule is COc1cccc(F)c1C1=CNC(c2cc(C)nc(N3CCNCC3CO)n2)C1. The molecular formula is C21H26FN5O2. The average molecular weight is 399 g/mol. The van der Waals surface area contributed by atoms with Crippen molar-refractivity contribution in [3.05, 3.63) is 53.2 Å². The van der Waals surface area contributed by atoms with Crippen LogP contribution < -0.4 is 20.3 Å². The van der Waals surface area contributed by atoms with E-state index in [0.717, 1.165) is 30.1 Å². The van der Waals surface area contributed by atoms with Gasteiger partial charge in [-0.25, -0.2) is 14.4 Å². The van der Waals surface area contributed by atoms with Crippen molar-refractivity contribution in [2.75, 3.05) is 38.3 Å². The summed E-state index contributed by atoms with van der Waals surface area (Å²) in [6.07, 6.45) is 2.43. The molecule has 1 aromatic carbocycles. The molecule has 0 radical (unpaired) electrons. The molecular weight excluding hydrogens is 373 g/mol. The van der Waals surface area contributed by atoms with Crippen LogP contribution >= 0.6 is 0 Å². The Bertz CT molecular complexity index is 920. The lowest BCUT2D eigenvalue weighted by Gasteiger charge is -2.35. The van der Waals surface area contributed by atoms with Crippen LogP contribution in [0, 0.1) is 12.7 Å². The quantitative estimate of drug-likeness (QED) is 0.707. The summed E-state index contributed by atoms with van der Waals surface area (Å²) in [5.41, 5.74) is 3.04. The molecule has 29 heavy (non-hydrogen) atoms. The molecule has 1 saturated heterocycles. The van der Waals surface area contributed by atoms with Crippen LogP contribution in [-0.2, 0) is 0 Å². The van der Waals surface area contributed by atoms with Gasteiger partial charge in [-0.15, -0.1) is 0 Å². The molecule has 7 nitrogen and oxygen atoms in total. The van der Waals surface area contributed by atoms with Gasteiger partial charge in [-0.2, -0.15) is 0 Å². The van der Waals surface area contributed by atoms with Gasteiger partial charge in [0.25, 0.3) is 0 Å². The summed E-state index contributed by atoms with van der Waals surface area (Å²) in [7, 11) is 1.55. The highest BCUT2D eigenvalue weighted by Crippen LogP contribution is 2.37. The fraction of sp³-hybridized carbons (Fsp3) is 0.429. The lowest BCUT2D eigenvalue weighted by Crippen LogP contribution is -2.53. The molecule has 1 aromatic heterocycles. The molecule has 0 saturated carbocycles. The van der Waals surface area contributed by atoms with E-state index < -0.39 is 0 Å². The largest absolute Gasteiger partial charge is 0.496 e. The van der Waals surface area contributed by atoms with E-state index in [1.54, 1.807) is 19.2 Å². The lowest BCUT2D eigenvalue weighted by atomic mass is 9.99. The third kappa shape index (κ3) is 3.90. The number of piperazine rings is 1. The molecule has 0 bridgehead atoms. The Labute approximate surface area is 169 Å². The number of rotatable bonds is 5. The van der Waals surface area contributed by atoms with E-state index in [-0.39, 0.29) is 24.5 Å². The Kier molecular flexibility index (Phi) is 5.64. The highest BCUT2D eigenvalue weighted by Gasteiger charge is 2.28. The van der Waals surface area contributed by atoms with Crippen LogP contribution in [0.5, 0.6) is 5.75 Å². The third-order valence-electron chi connectivity index (χ3n) is 5.44. The predicted molar refractivity (Wildman–Crippen MR) is 109 cm³/mol. The number of methoxy groups -OCH3 is 1. The Morgan fingerprint density at radius 2 is 2.21 bits per heavy atom. The summed E-state index contributed by atoms with van der Waals surface area (Å²) < 4.78 is 19.8. The smallest absolute Gasteiger partial charge is 0.226 e. The fourth-order valence-electron chi connectivity index (χ4n) is 3.96. The van der Waals surface area contributed by atoms with Gasteiger partial charge >= 0.3 is 0 Å². The van der Waals surface area contributed by atoms with Crippen LogP contribution in [0.4, 0.5) is 10.3 Å². The maximum atomic E-state index is 14.5. The number of benzene rings is 1. The van der Waals surface area contributed by atoms with E-state index in [1.165, 1.54) is 6.07 Å². The number of ether oxygens (including phenoxy) is 1. The van der Waals surface area contributed by atoms with Crippen molar-refractivity contribution in [1.29, 1.82) is 0 Å². The van der Waals surface area contributed by atoms with E-state index in [4.69, 9.17) is 9.72 Å². The zero-order valence-corrected chi connectivity index (χ0v) is 16.7. The molecule has 2 unspecified atom stereocenters. The van der Waals surface area contributed by atoms with Gasteiger partial charge in [0.05, 0.1) is 37.1 Å². The lowest BCUT2D eigenvalue weighted by molar-refractivity contribution is 0.245. The third-order valence-corrected chi connectivity index (χ3v) is 5.44. The summed E-state index contributed by atoms with van der Waals surface area (Å²) >= 11 is 0. The van der Waals surface area contributed by atoms with Crippen LogP contribution in [0.15, 0.2) is 30.5 Å². The van der Waals surface area contributed by atoms with Crippen LogP contribution in [-0.4, -0.2) is 54.5 Å². The van der Waals surface area contributed by atoms with Crippen LogP contribution in [0.25, 0.3) is 5.57 Å². The van der Waals surface area contributed by atoms with Crippen molar-refractivity contribution in [1.82, 2.24) is 20.6 Å². The van der Waals surface area contributed by atoms with Gasteiger partial charge in [-0.1, -0.05) is 6.07 Å². The van der Waals surface area contributed by atoms with E-state index in [0.29, 0.717) is 30.2 Å². The predicted octanol–water partition coefficient (Wildman–Crippen LogP) is 1.78. The molecule has 0 aliphatic carbocycles. The van der Waals surface area contributed by atoms with Crippen molar-refractivity contribution < 1.29 is 14.2 Å². The number of halogens is 1. The van der Waals surface area contributed by atoms with Crippen LogP contribution in [0.1, 0.15) is 29.4 Å². The molecule has 2 aromatic rings. The first-order chi connectivity index (χ1) is 14.1.